The van der Waals surface area contributed by atoms with Crippen molar-refractivity contribution in [1.82, 2.24) is 14.8 Å². The van der Waals surface area contributed by atoms with Gasteiger partial charge in [0.1, 0.15) is 29.2 Å². The first-order valence-electron chi connectivity index (χ1n) is 10.6. The summed E-state index contributed by atoms with van der Waals surface area (Å²) in [5.74, 6) is 0.901. The molecule has 7 nitrogen and oxygen atoms in total. The molecule has 0 fully saturated rings. The lowest BCUT2D eigenvalue weighted by molar-refractivity contribution is -0.479. The Kier molecular flexibility index (Phi) is 7.22. The molecule has 0 aliphatic carbocycles. The van der Waals surface area contributed by atoms with Gasteiger partial charge in [-0.25, -0.2) is 4.39 Å². The summed E-state index contributed by atoms with van der Waals surface area (Å²) in [6.45, 7) is 3.74. The van der Waals surface area contributed by atoms with Gasteiger partial charge in [-0.1, -0.05) is 54.2 Å². The van der Waals surface area contributed by atoms with Crippen LogP contribution in [0.4, 0.5) is 4.39 Å². The molecule has 0 aliphatic rings. The van der Waals surface area contributed by atoms with E-state index in [1.807, 2.05) is 60.9 Å². The molecule has 0 aliphatic heterocycles. The zero-order chi connectivity index (χ0) is 24.1. The predicted octanol–water partition coefficient (Wildman–Crippen LogP) is 5.71. The Morgan fingerprint density at radius 2 is 1.82 bits per heavy atom. The number of nitro groups is 1. The number of rotatable bonds is 9. The van der Waals surface area contributed by atoms with Crippen molar-refractivity contribution in [2.75, 3.05) is 6.54 Å². The smallest absolute Gasteiger partial charge is 0.220 e. The molecule has 0 spiro atoms. The van der Waals surface area contributed by atoms with Crippen LogP contribution in [0.2, 0.25) is 0 Å². The van der Waals surface area contributed by atoms with Gasteiger partial charge < -0.3 is 4.74 Å². The molecule has 0 saturated heterocycles. The fourth-order valence-corrected chi connectivity index (χ4v) is 4.77. The van der Waals surface area contributed by atoms with Gasteiger partial charge >= 0.3 is 0 Å². The van der Waals surface area contributed by atoms with Crippen LogP contribution >= 0.6 is 11.8 Å². The van der Waals surface area contributed by atoms with E-state index in [1.54, 1.807) is 18.2 Å². The lowest BCUT2D eigenvalue weighted by Gasteiger charge is -2.18. The van der Waals surface area contributed by atoms with E-state index in [4.69, 9.17) is 4.74 Å². The number of hydrogen-bond acceptors (Lipinski definition) is 6. The summed E-state index contributed by atoms with van der Waals surface area (Å²) < 4.78 is 21.1. The number of aryl methyl sites for hydroxylation is 2. The van der Waals surface area contributed by atoms with E-state index in [-0.39, 0.29) is 23.9 Å². The van der Waals surface area contributed by atoms with Gasteiger partial charge in [-0.05, 0) is 55.3 Å². The number of nitrogens with zero attached hydrogens (tertiary/aromatic N) is 4. The monoisotopic (exact) mass is 478 g/mol. The molecular weight excluding hydrogens is 455 g/mol. The average Bonchev–Trinajstić information content (AvgIpc) is 3.18. The summed E-state index contributed by atoms with van der Waals surface area (Å²) in [5.41, 5.74) is 3.46. The molecule has 0 unspecified atom stereocenters. The molecule has 0 bridgehead atoms. The van der Waals surface area contributed by atoms with Crippen LogP contribution in [-0.4, -0.2) is 26.2 Å². The van der Waals surface area contributed by atoms with Gasteiger partial charge in [0.15, 0.2) is 5.16 Å². The van der Waals surface area contributed by atoms with Gasteiger partial charge in [0.2, 0.25) is 6.54 Å². The van der Waals surface area contributed by atoms with Crippen LogP contribution in [0, 0.1) is 29.8 Å². The Morgan fingerprint density at radius 1 is 1.06 bits per heavy atom. The van der Waals surface area contributed by atoms with Crippen LogP contribution in [0.15, 0.2) is 78.0 Å². The Balaban J connectivity index is 1.64. The molecule has 4 rings (SSSR count). The number of hydrogen-bond donors (Lipinski definition) is 0. The molecule has 4 aromatic rings. The number of para-hydroxylation sites is 1. The van der Waals surface area contributed by atoms with Gasteiger partial charge in [0.25, 0.3) is 0 Å². The van der Waals surface area contributed by atoms with Crippen molar-refractivity contribution in [3.8, 4) is 11.4 Å². The number of thioether (sulfide) groups is 1. The maximum absolute atomic E-state index is 13.2. The third-order valence-corrected chi connectivity index (χ3v) is 6.35. The van der Waals surface area contributed by atoms with Crippen molar-refractivity contribution >= 4 is 11.8 Å². The number of benzene rings is 3. The lowest BCUT2D eigenvalue weighted by atomic mass is 10.1. The van der Waals surface area contributed by atoms with Gasteiger partial charge in [-0.15, -0.1) is 10.2 Å². The zero-order valence-electron chi connectivity index (χ0n) is 18.7. The first kappa shape index (κ1) is 23.4. The maximum atomic E-state index is 13.2. The zero-order valence-corrected chi connectivity index (χ0v) is 19.5. The van der Waals surface area contributed by atoms with Crippen LogP contribution in [0.5, 0.6) is 5.75 Å². The normalized spacial score (nSPS) is 11.9. The highest BCUT2D eigenvalue weighted by molar-refractivity contribution is 7.99. The summed E-state index contributed by atoms with van der Waals surface area (Å²) in [5, 5.41) is 20.1. The van der Waals surface area contributed by atoms with E-state index in [1.165, 1.54) is 23.9 Å². The SMILES string of the molecule is Cc1cccc(-n2c(C)nnc2S[C@H](C[N+](=O)[O-])c2ccccc2OCc2ccc(F)cc2)c1. The highest BCUT2D eigenvalue weighted by Crippen LogP contribution is 2.40. The van der Waals surface area contributed by atoms with Crippen molar-refractivity contribution in [3.05, 3.63) is 111 Å². The largest absolute Gasteiger partial charge is 0.489 e. The Hall–Kier alpha value is -3.72. The third kappa shape index (κ3) is 5.60. The molecule has 9 heteroatoms. The summed E-state index contributed by atoms with van der Waals surface area (Å²) in [6, 6.07) is 21.2. The summed E-state index contributed by atoms with van der Waals surface area (Å²) in [7, 11) is 0. The van der Waals surface area contributed by atoms with Crippen LogP contribution in [-0.2, 0) is 6.61 Å². The average molecular weight is 479 g/mol. The maximum Gasteiger partial charge on any atom is 0.220 e. The van der Waals surface area contributed by atoms with Crippen LogP contribution in [0.25, 0.3) is 5.69 Å². The molecule has 0 saturated carbocycles. The van der Waals surface area contributed by atoms with E-state index in [2.05, 4.69) is 10.2 Å². The molecule has 0 amide bonds. The topological polar surface area (TPSA) is 83.1 Å². The molecule has 1 atom stereocenters. The third-order valence-electron chi connectivity index (χ3n) is 5.19. The predicted molar refractivity (Wildman–Crippen MR) is 128 cm³/mol. The van der Waals surface area contributed by atoms with E-state index in [0.29, 0.717) is 22.3 Å². The summed E-state index contributed by atoms with van der Waals surface area (Å²) in [6.07, 6.45) is 0. The first-order chi connectivity index (χ1) is 16.4. The lowest BCUT2D eigenvalue weighted by Crippen LogP contribution is -2.12. The number of ether oxygens (including phenoxy) is 1. The molecule has 3 aromatic carbocycles. The van der Waals surface area contributed by atoms with Crippen LogP contribution in [0.1, 0.15) is 27.8 Å². The molecule has 174 valence electrons. The summed E-state index contributed by atoms with van der Waals surface area (Å²) >= 11 is 1.27. The molecule has 1 aromatic heterocycles. The Bertz CT molecular complexity index is 1290. The van der Waals surface area contributed by atoms with E-state index in [9.17, 15) is 14.5 Å². The number of halogens is 1. The van der Waals surface area contributed by atoms with Crippen molar-refractivity contribution in [2.24, 2.45) is 0 Å². The summed E-state index contributed by atoms with van der Waals surface area (Å²) in [4.78, 5) is 11.2. The van der Waals surface area contributed by atoms with Crippen molar-refractivity contribution in [3.63, 3.8) is 0 Å². The number of aromatic nitrogens is 3. The van der Waals surface area contributed by atoms with Gasteiger partial charge in [0.05, 0.1) is 0 Å². The van der Waals surface area contributed by atoms with Gasteiger partial charge in [-0.2, -0.15) is 0 Å². The highest BCUT2D eigenvalue weighted by atomic mass is 32.2. The Labute approximate surface area is 200 Å². The minimum absolute atomic E-state index is 0.214. The van der Waals surface area contributed by atoms with E-state index >= 15 is 0 Å². The van der Waals surface area contributed by atoms with E-state index < -0.39 is 5.25 Å². The molecular formula is C25H23FN4O3S. The molecule has 0 radical (unpaired) electrons. The minimum Gasteiger partial charge on any atom is -0.489 e. The second-order valence-electron chi connectivity index (χ2n) is 7.78. The molecule has 1 heterocycles. The fourth-order valence-electron chi connectivity index (χ4n) is 3.57. The minimum atomic E-state index is -0.563. The second kappa shape index (κ2) is 10.5. The molecule has 0 N–H and O–H groups in total. The Morgan fingerprint density at radius 3 is 2.56 bits per heavy atom. The first-order valence-corrected chi connectivity index (χ1v) is 11.5. The molecule has 34 heavy (non-hydrogen) atoms. The van der Waals surface area contributed by atoms with Crippen molar-refractivity contribution in [1.29, 1.82) is 0 Å². The standard InChI is InChI=1S/C25H23FN4O3S/c1-17-6-5-7-21(14-17)30-18(2)27-28-25(30)34-24(15-29(31)32)22-8-3-4-9-23(22)33-16-19-10-12-20(26)13-11-19/h3-14,24H,15-16H2,1-2H3/t24-/m1/s1. The van der Waals surface area contributed by atoms with E-state index in [0.717, 1.165) is 16.8 Å². The fraction of sp³-hybridized carbons (Fsp3) is 0.200. The van der Waals surface area contributed by atoms with Crippen LogP contribution < -0.4 is 4.74 Å². The second-order valence-corrected chi connectivity index (χ2v) is 8.95. The van der Waals surface area contributed by atoms with Crippen molar-refractivity contribution < 1.29 is 14.1 Å². The van der Waals surface area contributed by atoms with Crippen molar-refractivity contribution in [2.45, 2.75) is 30.9 Å². The van der Waals surface area contributed by atoms with Gasteiger partial charge in [-0.3, -0.25) is 14.7 Å². The van der Waals surface area contributed by atoms with Crippen LogP contribution in [0.3, 0.4) is 0 Å². The van der Waals surface area contributed by atoms with Gasteiger partial charge in [0, 0.05) is 16.2 Å². The quantitative estimate of drug-likeness (QED) is 0.174. The highest BCUT2D eigenvalue weighted by Gasteiger charge is 2.26.